The first-order valence-electron chi connectivity index (χ1n) is 5.76. The van der Waals surface area contributed by atoms with Gasteiger partial charge in [-0.1, -0.05) is 32.0 Å². The predicted octanol–water partition coefficient (Wildman–Crippen LogP) is 3.81. The summed E-state index contributed by atoms with van der Waals surface area (Å²) in [6.45, 7) is 6.71. The van der Waals surface area contributed by atoms with Crippen LogP contribution in [0.15, 0.2) is 24.3 Å². The zero-order chi connectivity index (χ0) is 13.1. The highest BCUT2D eigenvalue weighted by Gasteiger charge is 2.30. The van der Waals surface area contributed by atoms with E-state index in [1.807, 2.05) is 20.8 Å². The van der Waals surface area contributed by atoms with Crippen LogP contribution in [0.3, 0.4) is 0 Å². The maximum Gasteiger partial charge on any atom is 0.416 e. The van der Waals surface area contributed by atoms with Crippen molar-refractivity contribution in [2.75, 3.05) is 6.54 Å². The lowest BCUT2D eigenvalue weighted by Gasteiger charge is -2.22. The molecule has 1 N–H and O–H groups in total. The molecule has 1 rings (SSSR count). The van der Waals surface area contributed by atoms with Crippen molar-refractivity contribution in [1.29, 1.82) is 0 Å². The SMILES string of the molecule is CCNC(C)C(C)c1cccc(C(F)(F)F)c1. The van der Waals surface area contributed by atoms with Crippen molar-refractivity contribution in [3.8, 4) is 0 Å². The Balaban J connectivity index is 2.92. The molecule has 17 heavy (non-hydrogen) atoms. The van der Waals surface area contributed by atoms with Crippen molar-refractivity contribution >= 4 is 0 Å². The highest BCUT2D eigenvalue weighted by molar-refractivity contribution is 5.28. The van der Waals surface area contributed by atoms with Gasteiger partial charge in [-0.15, -0.1) is 0 Å². The Kier molecular flexibility index (Phi) is 4.57. The molecule has 0 aliphatic heterocycles. The largest absolute Gasteiger partial charge is 0.416 e. The Bertz CT molecular complexity index is 360. The van der Waals surface area contributed by atoms with Gasteiger partial charge in [0.1, 0.15) is 0 Å². The summed E-state index contributed by atoms with van der Waals surface area (Å²) in [5.74, 6) is 0.0530. The van der Waals surface area contributed by atoms with Crippen LogP contribution >= 0.6 is 0 Å². The van der Waals surface area contributed by atoms with E-state index in [1.54, 1.807) is 6.07 Å². The van der Waals surface area contributed by atoms with E-state index in [-0.39, 0.29) is 12.0 Å². The fraction of sp³-hybridized carbons (Fsp3) is 0.538. The van der Waals surface area contributed by atoms with Gasteiger partial charge in [-0.05, 0) is 31.0 Å². The Labute approximate surface area is 100 Å². The van der Waals surface area contributed by atoms with Crippen molar-refractivity contribution in [2.45, 2.75) is 38.9 Å². The number of alkyl halides is 3. The van der Waals surface area contributed by atoms with Gasteiger partial charge >= 0.3 is 6.18 Å². The second-order valence-corrected chi connectivity index (χ2v) is 4.26. The molecule has 1 nitrogen and oxygen atoms in total. The molecule has 1 aromatic rings. The third-order valence-electron chi connectivity index (χ3n) is 3.02. The standard InChI is InChI=1S/C13H18F3N/c1-4-17-10(3)9(2)11-6-5-7-12(8-11)13(14,15)16/h5-10,17H,4H2,1-3H3. The number of halogens is 3. The second-order valence-electron chi connectivity index (χ2n) is 4.26. The second kappa shape index (κ2) is 5.54. The highest BCUT2D eigenvalue weighted by Crippen LogP contribution is 2.31. The van der Waals surface area contributed by atoms with Gasteiger partial charge in [-0.3, -0.25) is 0 Å². The topological polar surface area (TPSA) is 12.0 Å². The van der Waals surface area contributed by atoms with Crippen LogP contribution in [0, 0.1) is 0 Å². The summed E-state index contributed by atoms with van der Waals surface area (Å²) in [7, 11) is 0. The molecule has 0 aliphatic rings. The molecule has 1 aromatic carbocycles. The van der Waals surface area contributed by atoms with E-state index >= 15 is 0 Å². The van der Waals surface area contributed by atoms with Gasteiger partial charge < -0.3 is 5.32 Å². The lowest BCUT2D eigenvalue weighted by Crippen LogP contribution is -2.30. The van der Waals surface area contributed by atoms with E-state index in [0.29, 0.717) is 5.56 Å². The first-order chi connectivity index (χ1) is 7.86. The van der Waals surface area contributed by atoms with Crippen LogP contribution in [0.25, 0.3) is 0 Å². The third kappa shape index (κ3) is 3.73. The smallest absolute Gasteiger partial charge is 0.314 e. The maximum absolute atomic E-state index is 12.6. The average Bonchev–Trinajstić information content (AvgIpc) is 2.27. The normalized spacial score (nSPS) is 15.6. The molecule has 0 aliphatic carbocycles. The first-order valence-corrected chi connectivity index (χ1v) is 5.76. The highest BCUT2D eigenvalue weighted by atomic mass is 19.4. The number of likely N-dealkylation sites (N-methyl/N-ethyl adjacent to an activating group) is 1. The third-order valence-corrected chi connectivity index (χ3v) is 3.02. The summed E-state index contributed by atoms with van der Waals surface area (Å²) in [5, 5.41) is 3.22. The quantitative estimate of drug-likeness (QED) is 0.850. The summed E-state index contributed by atoms with van der Waals surface area (Å²) in [4.78, 5) is 0. The lowest BCUT2D eigenvalue weighted by molar-refractivity contribution is -0.137. The predicted molar refractivity (Wildman–Crippen MR) is 63.0 cm³/mol. The van der Waals surface area contributed by atoms with E-state index < -0.39 is 11.7 Å². The minimum atomic E-state index is -4.27. The van der Waals surface area contributed by atoms with Crippen LogP contribution in [0.4, 0.5) is 13.2 Å². The molecule has 0 spiro atoms. The van der Waals surface area contributed by atoms with Crippen LogP contribution in [0.5, 0.6) is 0 Å². The summed E-state index contributed by atoms with van der Waals surface area (Å²) >= 11 is 0. The molecule has 2 atom stereocenters. The minimum absolute atomic E-state index is 0.0530. The summed E-state index contributed by atoms with van der Waals surface area (Å²) in [6.07, 6.45) is -4.27. The van der Waals surface area contributed by atoms with Gasteiger partial charge in [0, 0.05) is 6.04 Å². The summed E-state index contributed by atoms with van der Waals surface area (Å²) in [6, 6.07) is 5.71. The average molecular weight is 245 g/mol. The summed E-state index contributed by atoms with van der Waals surface area (Å²) in [5.41, 5.74) is 0.138. The van der Waals surface area contributed by atoms with E-state index in [2.05, 4.69) is 5.32 Å². The minimum Gasteiger partial charge on any atom is -0.314 e. The Morgan fingerprint density at radius 3 is 2.41 bits per heavy atom. The van der Waals surface area contributed by atoms with Crippen molar-refractivity contribution in [3.05, 3.63) is 35.4 Å². The van der Waals surface area contributed by atoms with Crippen molar-refractivity contribution in [3.63, 3.8) is 0 Å². The van der Waals surface area contributed by atoms with Gasteiger partial charge in [0.05, 0.1) is 5.56 Å². The Hall–Kier alpha value is -1.03. The molecule has 0 saturated heterocycles. The number of nitrogens with one attached hydrogen (secondary N) is 1. The van der Waals surface area contributed by atoms with Gasteiger partial charge in [0.2, 0.25) is 0 Å². The Morgan fingerprint density at radius 2 is 1.88 bits per heavy atom. The van der Waals surface area contributed by atoms with E-state index in [4.69, 9.17) is 0 Å². The van der Waals surface area contributed by atoms with E-state index in [0.717, 1.165) is 12.6 Å². The number of hydrogen-bond donors (Lipinski definition) is 1. The lowest BCUT2D eigenvalue weighted by atomic mass is 9.93. The number of rotatable bonds is 4. The molecule has 0 bridgehead atoms. The van der Waals surface area contributed by atoms with Crippen molar-refractivity contribution < 1.29 is 13.2 Å². The van der Waals surface area contributed by atoms with Crippen LogP contribution in [0.1, 0.15) is 37.8 Å². The maximum atomic E-state index is 12.6. The monoisotopic (exact) mass is 245 g/mol. The zero-order valence-electron chi connectivity index (χ0n) is 10.3. The van der Waals surface area contributed by atoms with E-state index in [1.165, 1.54) is 12.1 Å². The van der Waals surface area contributed by atoms with Gasteiger partial charge in [0.15, 0.2) is 0 Å². The van der Waals surface area contributed by atoms with E-state index in [9.17, 15) is 13.2 Å². The number of benzene rings is 1. The van der Waals surface area contributed by atoms with Crippen LogP contribution in [-0.4, -0.2) is 12.6 Å². The molecule has 4 heteroatoms. The van der Waals surface area contributed by atoms with Gasteiger partial charge in [-0.2, -0.15) is 13.2 Å². The Morgan fingerprint density at radius 1 is 1.24 bits per heavy atom. The molecule has 0 aromatic heterocycles. The van der Waals surface area contributed by atoms with Crippen LogP contribution in [-0.2, 0) is 6.18 Å². The summed E-state index contributed by atoms with van der Waals surface area (Å²) < 4.78 is 37.7. The molecule has 0 fully saturated rings. The van der Waals surface area contributed by atoms with Crippen molar-refractivity contribution in [2.24, 2.45) is 0 Å². The fourth-order valence-corrected chi connectivity index (χ4v) is 1.79. The van der Waals surface area contributed by atoms with Crippen LogP contribution in [0.2, 0.25) is 0 Å². The molecule has 0 amide bonds. The number of hydrogen-bond acceptors (Lipinski definition) is 1. The van der Waals surface area contributed by atoms with Crippen LogP contribution < -0.4 is 5.32 Å². The van der Waals surface area contributed by atoms with Crippen molar-refractivity contribution in [1.82, 2.24) is 5.32 Å². The molecule has 0 radical (unpaired) electrons. The zero-order valence-corrected chi connectivity index (χ0v) is 10.3. The molecule has 96 valence electrons. The first kappa shape index (κ1) is 14.0. The molecular formula is C13H18F3N. The van der Waals surface area contributed by atoms with Gasteiger partial charge in [0.25, 0.3) is 0 Å². The molecular weight excluding hydrogens is 227 g/mol. The molecule has 0 heterocycles. The fourth-order valence-electron chi connectivity index (χ4n) is 1.79. The molecule has 0 saturated carbocycles. The van der Waals surface area contributed by atoms with Gasteiger partial charge in [-0.25, -0.2) is 0 Å². The molecule has 2 unspecified atom stereocenters.